The minimum atomic E-state index is -1.25. The average Bonchev–Trinajstić information content (AvgIpc) is 2.96. The van der Waals surface area contributed by atoms with Gasteiger partial charge in [0.15, 0.2) is 12.4 Å². The van der Waals surface area contributed by atoms with E-state index in [0.717, 1.165) is 5.56 Å². The van der Waals surface area contributed by atoms with Crippen LogP contribution in [0.3, 0.4) is 0 Å². The number of rotatable bonds is 15. The smallest absolute Gasteiger partial charge is 0.342 e. The lowest BCUT2D eigenvalue weighted by molar-refractivity contribution is -0.284. The summed E-state index contributed by atoms with van der Waals surface area (Å²) in [5, 5.41) is 10.3. The first-order valence-electron chi connectivity index (χ1n) is 14.2. The zero-order valence-corrected chi connectivity index (χ0v) is 23.9. The summed E-state index contributed by atoms with van der Waals surface area (Å²) in [7, 11) is 0. The van der Waals surface area contributed by atoms with E-state index >= 15 is 0 Å². The Labute approximate surface area is 240 Å². The van der Waals surface area contributed by atoms with Crippen molar-refractivity contribution >= 4 is 17.9 Å². The van der Waals surface area contributed by atoms with Crippen LogP contribution in [-0.4, -0.2) is 60.5 Å². The molecule has 1 aliphatic rings. The standard InChI is InChI=1S/C31H40O10/c1-4-12-25(32)38-24-20-37-31(29(41-27(34)14-6-3)28(24)40-26(33)13-5-2)39-23-18-11-10-17-22(23)30(35)36-19-21-15-8-7-9-16-21/h7-11,15-18,24-25,28-29,31-32H,4-6,12-14,19-20H2,1-3H3/t24-,25?,28+,29-,31-/m1/s1. The Kier molecular flexibility index (Phi) is 13.1. The van der Waals surface area contributed by atoms with Gasteiger partial charge in [-0.2, -0.15) is 0 Å². The summed E-state index contributed by atoms with van der Waals surface area (Å²) in [5.74, 6) is -1.54. The van der Waals surface area contributed by atoms with Gasteiger partial charge in [-0.15, -0.1) is 0 Å². The average molecular weight is 573 g/mol. The second-order valence-corrected chi connectivity index (χ2v) is 9.70. The van der Waals surface area contributed by atoms with Crippen molar-refractivity contribution in [3.05, 3.63) is 65.7 Å². The Morgan fingerprint density at radius 3 is 2.17 bits per heavy atom. The number of aliphatic hydroxyl groups is 1. The highest BCUT2D eigenvalue weighted by Gasteiger charge is 2.48. The number of benzene rings is 2. The lowest BCUT2D eigenvalue weighted by Gasteiger charge is -2.41. The van der Waals surface area contributed by atoms with Crippen LogP contribution in [0.25, 0.3) is 0 Å². The molecule has 5 atom stereocenters. The molecular weight excluding hydrogens is 532 g/mol. The molecule has 41 heavy (non-hydrogen) atoms. The molecule has 0 radical (unpaired) electrons. The van der Waals surface area contributed by atoms with E-state index in [-0.39, 0.29) is 37.4 Å². The molecule has 0 aromatic heterocycles. The van der Waals surface area contributed by atoms with Crippen molar-refractivity contribution in [3.63, 3.8) is 0 Å². The fourth-order valence-corrected chi connectivity index (χ4v) is 4.24. The first-order valence-corrected chi connectivity index (χ1v) is 14.2. The molecule has 224 valence electrons. The molecule has 10 nitrogen and oxygen atoms in total. The van der Waals surface area contributed by atoms with Crippen LogP contribution < -0.4 is 4.74 Å². The SMILES string of the molecule is CCCC(=O)O[C@@H]1[C@@H](OC(=O)CCC)[C@@H](Oc2ccccc2C(=O)OCc2ccccc2)OC[C@H]1OC(O)CCC. The van der Waals surface area contributed by atoms with Gasteiger partial charge >= 0.3 is 17.9 Å². The van der Waals surface area contributed by atoms with E-state index in [1.54, 1.807) is 24.3 Å². The van der Waals surface area contributed by atoms with Gasteiger partial charge in [-0.05, 0) is 37.0 Å². The molecule has 0 aliphatic carbocycles. The molecule has 0 bridgehead atoms. The van der Waals surface area contributed by atoms with Gasteiger partial charge in [0.1, 0.15) is 24.0 Å². The zero-order chi connectivity index (χ0) is 29.6. The summed E-state index contributed by atoms with van der Waals surface area (Å²) >= 11 is 0. The molecule has 0 amide bonds. The van der Waals surface area contributed by atoms with Crippen LogP contribution in [0.15, 0.2) is 54.6 Å². The molecule has 1 saturated heterocycles. The van der Waals surface area contributed by atoms with Gasteiger partial charge in [0.25, 0.3) is 0 Å². The predicted octanol–water partition coefficient (Wildman–Crippen LogP) is 4.71. The Hall–Kier alpha value is -3.47. The highest BCUT2D eigenvalue weighted by molar-refractivity contribution is 5.92. The third-order valence-electron chi connectivity index (χ3n) is 6.26. The summed E-state index contributed by atoms with van der Waals surface area (Å²) in [6.07, 6.45) is -3.33. The minimum Gasteiger partial charge on any atom is -0.460 e. The highest BCUT2D eigenvalue weighted by Crippen LogP contribution is 2.30. The molecule has 10 heteroatoms. The Bertz CT molecular complexity index is 1110. The zero-order valence-electron chi connectivity index (χ0n) is 23.9. The van der Waals surface area contributed by atoms with Crippen LogP contribution in [0, 0.1) is 0 Å². The molecule has 0 spiro atoms. The van der Waals surface area contributed by atoms with E-state index < -0.39 is 48.8 Å². The maximum Gasteiger partial charge on any atom is 0.342 e. The molecule has 1 heterocycles. The molecule has 1 aliphatic heterocycles. The van der Waals surface area contributed by atoms with Crippen molar-refractivity contribution in [1.29, 1.82) is 0 Å². The van der Waals surface area contributed by atoms with Crippen molar-refractivity contribution in [2.75, 3.05) is 6.61 Å². The predicted molar refractivity (Wildman–Crippen MR) is 148 cm³/mol. The largest absolute Gasteiger partial charge is 0.460 e. The summed E-state index contributed by atoms with van der Waals surface area (Å²) in [6.45, 7) is 5.50. The molecule has 1 N–H and O–H groups in total. The summed E-state index contributed by atoms with van der Waals surface area (Å²) in [4.78, 5) is 38.2. The molecular formula is C31H40O10. The van der Waals surface area contributed by atoms with E-state index in [9.17, 15) is 19.5 Å². The molecule has 1 fully saturated rings. The second kappa shape index (κ2) is 16.7. The molecule has 3 rings (SSSR count). The maximum atomic E-state index is 13.0. The summed E-state index contributed by atoms with van der Waals surface area (Å²) < 4.78 is 34.8. The number of aliphatic hydroxyl groups excluding tert-OH is 1. The molecule has 1 unspecified atom stereocenters. The lowest BCUT2D eigenvalue weighted by Crippen LogP contribution is -2.59. The first-order chi connectivity index (χ1) is 19.9. The lowest BCUT2D eigenvalue weighted by atomic mass is 10.0. The minimum absolute atomic E-state index is 0.0692. The van der Waals surface area contributed by atoms with Crippen LogP contribution in [0.1, 0.15) is 75.2 Å². The summed E-state index contributed by atoms with van der Waals surface area (Å²) in [5.41, 5.74) is 0.965. The van der Waals surface area contributed by atoms with Crippen LogP contribution in [0.5, 0.6) is 5.75 Å². The van der Waals surface area contributed by atoms with Gasteiger partial charge in [0.2, 0.25) is 12.4 Å². The van der Waals surface area contributed by atoms with Crippen molar-refractivity contribution in [3.8, 4) is 5.75 Å². The monoisotopic (exact) mass is 572 g/mol. The number of ether oxygens (including phenoxy) is 6. The fourth-order valence-electron chi connectivity index (χ4n) is 4.24. The van der Waals surface area contributed by atoms with Crippen molar-refractivity contribution < 1.29 is 47.9 Å². The van der Waals surface area contributed by atoms with Crippen molar-refractivity contribution in [2.45, 2.75) is 96.8 Å². The Morgan fingerprint density at radius 1 is 0.878 bits per heavy atom. The Morgan fingerprint density at radius 2 is 1.51 bits per heavy atom. The van der Waals surface area contributed by atoms with Gasteiger partial charge < -0.3 is 33.5 Å². The normalized spacial score (nSPS) is 21.0. The number of hydrogen-bond donors (Lipinski definition) is 1. The number of hydrogen-bond acceptors (Lipinski definition) is 10. The van der Waals surface area contributed by atoms with Gasteiger partial charge in [0, 0.05) is 12.8 Å². The van der Waals surface area contributed by atoms with Gasteiger partial charge in [-0.3, -0.25) is 9.59 Å². The number of carbonyl (C=O) groups is 3. The van der Waals surface area contributed by atoms with E-state index in [2.05, 4.69) is 0 Å². The number of para-hydroxylation sites is 1. The van der Waals surface area contributed by atoms with E-state index in [4.69, 9.17) is 28.4 Å². The highest BCUT2D eigenvalue weighted by atomic mass is 16.7. The van der Waals surface area contributed by atoms with E-state index in [0.29, 0.717) is 25.7 Å². The summed E-state index contributed by atoms with van der Waals surface area (Å²) in [6, 6.07) is 15.7. The van der Waals surface area contributed by atoms with Gasteiger partial charge in [-0.1, -0.05) is 69.7 Å². The fraction of sp³-hybridized carbons (Fsp3) is 0.516. The third kappa shape index (κ3) is 9.84. The molecule has 0 saturated carbocycles. The van der Waals surface area contributed by atoms with Crippen LogP contribution in [-0.2, 0) is 39.9 Å². The van der Waals surface area contributed by atoms with Crippen LogP contribution in [0.4, 0.5) is 0 Å². The third-order valence-corrected chi connectivity index (χ3v) is 6.26. The molecule has 2 aromatic carbocycles. The second-order valence-electron chi connectivity index (χ2n) is 9.70. The number of esters is 3. The topological polar surface area (TPSA) is 127 Å². The van der Waals surface area contributed by atoms with Gasteiger partial charge in [-0.25, -0.2) is 4.79 Å². The van der Waals surface area contributed by atoms with Crippen molar-refractivity contribution in [1.82, 2.24) is 0 Å². The Balaban J connectivity index is 1.86. The van der Waals surface area contributed by atoms with E-state index in [1.807, 2.05) is 51.1 Å². The van der Waals surface area contributed by atoms with Crippen LogP contribution in [0.2, 0.25) is 0 Å². The quantitative estimate of drug-likeness (QED) is 0.182. The van der Waals surface area contributed by atoms with Crippen LogP contribution >= 0.6 is 0 Å². The first kappa shape index (κ1) is 32.0. The maximum absolute atomic E-state index is 13.0. The number of carbonyl (C=O) groups excluding carboxylic acids is 3. The van der Waals surface area contributed by atoms with Crippen molar-refractivity contribution in [2.24, 2.45) is 0 Å². The van der Waals surface area contributed by atoms with Gasteiger partial charge in [0.05, 0.1) is 6.61 Å². The molecule has 2 aromatic rings. The van der Waals surface area contributed by atoms with E-state index in [1.165, 1.54) is 0 Å².